The van der Waals surface area contributed by atoms with E-state index in [2.05, 4.69) is 21.2 Å². The van der Waals surface area contributed by atoms with Crippen LogP contribution in [0.2, 0.25) is 0 Å². The average Bonchev–Trinajstić information content (AvgIpc) is 3.24. The highest BCUT2D eigenvalue weighted by Gasteiger charge is 2.31. The van der Waals surface area contributed by atoms with Crippen molar-refractivity contribution in [3.05, 3.63) is 70.2 Å². The first-order chi connectivity index (χ1) is 14.1. The summed E-state index contributed by atoms with van der Waals surface area (Å²) in [6, 6.07) is 17.6. The van der Waals surface area contributed by atoms with Crippen LogP contribution in [0.3, 0.4) is 0 Å². The van der Waals surface area contributed by atoms with Crippen molar-refractivity contribution in [1.82, 2.24) is 10.2 Å². The van der Waals surface area contributed by atoms with Crippen molar-refractivity contribution < 1.29 is 9.59 Å². The van der Waals surface area contributed by atoms with Crippen molar-refractivity contribution in [2.75, 3.05) is 0 Å². The quantitative estimate of drug-likeness (QED) is 0.616. The number of rotatable bonds is 8. The van der Waals surface area contributed by atoms with E-state index in [1.54, 1.807) is 4.90 Å². The van der Waals surface area contributed by atoms with Crippen LogP contribution >= 0.6 is 15.9 Å². The molecule has 0 heterocycles. The van der Waals surface area contributed by atoms with Crippen LogP contribution in [0.4, 0.5) is 0 Å². The van der Waals surface area contributed by atoms with Gasteiger partial charge in [-0.15, -0.1) is 0 Å². The molecule has 154 valence electrons. The Labute approximate surface area is 181 Å². The summed E-state index contributed by atoms with van der Waals surface area (Å²) in [7, 11) is 0. The molecular formula is C24H29BrN2O2. The van der Waals surface area contributed by atoms with Gasteiger partial charge in [-0.05, 0) is 36.1 Å². The van der Waals surface area contributed by atoms with Crippen molar-refractivity contribution in [2.45, 2.75) is 64.1 Å². The third kappa shape index (κ3) is 6.17. The SMILES string of the molecule is CCC(=O)N(Cc1cccc(Br)c1)[C@H](Cc1ccccc1)C(=O)NC1CCCC1. The Hall–Kier alpha value is -2.14. The van der Waals surface area contributed by atoms with Gasteiger partial charge in [-0.25, -0.2) is 0 Å². The molecule has 1 fully saturated rings. The fourth-order valence-corrected chi connectivity index (χ4v) is 4.40. The maximum atomic E-state index is 13.3. The molecule has 0 saturated heterocycles. The minimum atomic E-state index is -0.524. The van der Waals surface area contributed by atoms with Crippen LogP contribution in [0.15, 0.2) is 59.1 Å². The van der Waals surface area contributed by atoms with E-state index in [-0.39, 0.29) is 17.9 Å². The Balaban J connectivity index is 1.87. The van der Waals surface area contributed by atoms with Gasteiger partial charge < -0.3 is 10.2 Å². The summed E-state index contributed by atoms with van der Waals surface area (Å²) in [6.45, 7) is 2.27. The fourth-order valence-electron chi connectivity index (χ4n) is 3.96. The van der Waals surface area contributed by atoms with Crippen LogP contribution in [0.25, 0.3) is 0 Å². The Morgan fingerprint density at radius 1 is 1.07 bits per heavy atom. The van der Waals surface area contributed by atoms with Gasteiger partial charge in [0.1, 0.15) is 6.04 Å². The van der Waals surface area contributed by atoms with E-state index in [9.17, 15) is 9.59 Å². The highest BCUT2D eigenvalue weighted by molar-refractivity contribution is 9.10. The summed E-state index contributed by atoms with van der Waals surface area (Å²) >= 11 is 3.50. The molecule has 0 unspecified atom stereocenters. The minimum Gasteiger partial charge on any atom is -0.352 e. The largest absolute Gasteiger partial charge is 0.352 e. The molecule has 1 aliphatic carbocycles. The molecule has 2 amide bonds. The summed E-state index contributed by atoms with van der Waals surface area (Å²) in [5, 5.41) is 3.21. The number of carbonyl (C=O) groups excluding carboxylic acids is 2. The second-order valence-corrected chi connectivity index (χ2v) is 8.62. The summed E-state index contributed by atoms with van der Waals surface area (Å²) in [4.78, 5) is 28.0. The molecule has 29 heavy (non-hydrogen) atoms. The van der Waals surface area contributed by atoms with Crippen LogP contribution in [0.1, 0.15) is 50.2 Å². The smallest absolute Gasteiger partial charge is 0.243 e. The number of carbonyl (C=O) groups is 2. The number of benzene rings is 2. The molecule has 1 saturated carbocycles. The van der Waals surface area contributed by atoms with Crippen LogP contribution in [-0.2, 0) is 22.6 Å². The van der Waals surface area contributed by atoms with Gasteiger partial charge in [0.15, 0.2) is 0 Å². The van der Waals surface area contributed by atoms with Crippen molar-refractivity contribution in [2.24, 2.45) is 0 Å². The predicted octanol–water partition coefficient (Wildman–Crippen LogP) is 4.86. The highest BCUT2D eigenvalue weighted by atomic mass is 79.9. The second-order valence-electron chi connectivity index (χ2n) is 7.70. The Morgan fingerprint density at radius 2 is 1.76 bits per heavy atom. The van der Waals surface area contributed by atoms with Crippen LogP contribution in [0, 0.1) is 0 Å². The first-order valence-corrected chi connectivity index (χ1v) is 11.2. The molecule has 1 atom stereocenters. The molecular weight excluding hydrogens is 428 g/mol. The summed E-state index contributed by atoms with van der Waals surface area (Å²) in [5.41, 5.74) is 2.06. The van der Waals surface area contributed by atoms with Crippen LogP contribution in [-0.4, -0.2) is 28.8 Å². The minimum absolute atomic E-state index is 0.00696. The fraction of sp³-hybridized carbons (Fsp3) is 0.417. The topological polar surface area (TPSA) is 49.4 Å². The third-order valence-corrected chi connectivity index (χ3v) is 6.01. The zero-order valence-electron chi connectivity index (χ0n) is 16.9. The molecule has 0 aromatic heterocycles. The van der Waals surface area contributed by atoms with Gasteiger partial charge in [-0.2, -0.15) is 0 Å². The van der Waals surface area contributed by atoms with E-state index < -0.39 is 6.04 Å². The first-order valence-electron chi connectivity index (χ1n) is 10.4. The molecule has 4 nitrogen and oxygen atoms in total. The zero-order chi connectivity index (χ0) is 20.6. The van der Waals surface area contributed by atoms with Crippen LogP contribution < -0.4 is 5.32 Å². The molecule has 2 aromatic carbocycles. The lowest BCUT2D eigenvalue weighted by atomic mass is 10.0. The van der Waals surface area contributed by atoms with E-state index in [1.165, 1.54) is 0 Å². The summed E-state index contributed by atoms with van der Waals surface area (Å²) in [5.74, 6) is -0.0509. The number of nitrogens with one attached hydrogen (secondary N) is 1. The zero-order valence-corrected chi connectivity index (χ0v) is 18.5. The normalized spacial score (nSPS) is 15.1. The van der Waals surface area contributed by atoms with Gasteiger partial charge >= 0.3 is 0 Å². The molecule has 0 bridgehead atoms. The molecule has 2 aromatic rings. The van der Waals surface area contributed by atoms with E-state index in [0.29, 0.717) is 19.4 Å². The van der Waals surface area contributed by atoms with E-state index in [0.717, 1.165) is 41.3 Å². The number of nitrogens with zero attached hydrogens (tertiary/aromatic N) is 1. The number of halogens is 1. The maximum Gasteiger partial charge on any atom is 0.243 e. The van der Waals surface area contributed by atoms with Gasteiger partial charge in [0.25, 0.3) is 0 Å². The molecule has 0 spiro atoms. The second kappa shape index (κ2) is 10.6. The van der Waals surface area contributed by atoms with Crippen molar-refractivity contribution >= 4 is 27.7 Å². The Kier molecular flexibility index (Phi) is 7.87. The van der Waals surface area contributed by atoms with Gasteiger partial charge in [0.05, 0.1) is 0 Å². The van der Waals surface area contributed by atoms with E-state index in [4.69, 9.17) is 0 Å². The van der Waals surface area contributed by atoms with Crippen LogP contribution in [0.5, 0.6) is 0 Å². The molecule has 3 rings (SSSR count). The van der Waals surface area contributed by atoms with Crippen molar-refractivity contribution in [3.63, 3.8) is 0 Å². The van der Waals surface area contributed by atoms with E-state index in [1.807, 2.05) is 61.5 Å². The van der Waals surface area contributed by atoms with Gasteiger partial charge in [0, 0.05) is 29.9 Å². The lowest BCUT2D eigenvalue weighted by Gasteiger charge is -2.32. The standard InChI is InChI=1S/C24H29BrN2O2/c1-2-23(28)27(17-19-11-8-12-20(25)15-19)22(16-18-9-4-3-5-10-18)24(29)26-21-13-6-7-14-21/h3-5,8-12,15,21-22H,2,6-7,13-14,16-17H2,1H3,(H,26,29)/t22-/m1/s1. The monoisotopic (exact) mass is 456 g/mol. The Morgan fingerprint density at radius 3 is 2.41 bits per heavy atom. The molecule has 0 aliphatic heterocycles. The number of hydrogen-bond donors (Lipinski definition) is 1. The van der Waals surface area contributed by atoms with Gasteiger partial charge in [-0.1, -0.05) is 78.2 Å². The Bertz CT molecular complexity index is 819. The third-order valence-electron chi connectivity index (χ3n) is 5.52. The predicted molar refractivity (Wildman–Crippen MR) is 119 cm³/mol. The first kappa shape index (κ1) is 21.6. The summed E-state index contributed by atoms with van der Waals surface area (Å²) < 4.78 is 0.967. The maximum absolute atomic E-state index is 13.3. The van der Waals surface area contributed by atoms with Gasteiger partial charge in [0.2, 0.25) is 11.8 Å². The highest BCUT2D eigenvalue weighted by Crippen LogP contribution is 2.21. The number of hydrogen-bond acceptors (Lipinski definition) is 2. The molecule has 1 aliphatic rings. The number of amides is 2. The lowest BCUT2D eigenvalue weighted by molar-refractivity contribution is -0.141. The van der Waals surface area contributed by atoms with Crippen molar-refractivity contribution in [1.29, 1.82) is 0 Å². The molecule has 1 N–H and O–H groups in total. The average molecular weight is 457 g/mol. The van der Waals surface area contributed by atoms with Gasteiger partial charge in [-0.3, -0.25) is 9.59 Å². The lowest BCUT2D eigenvalue weighted by Crippen LogP contribution is -2.52. The molecule has 5 heteroatoms. The van der Waals surface area contributed by atoms with E-state index >= 15 is 0 Å². The van der Waals surface area contributed by atoms with Crippen molar-refractivity contribution in [3.8, 4) is 0 Å². The summed E-state index contributed by atoms with van der Waals surface area (Å²) in [6.07, 6.45) is 5.25. The molecule has 0 radical (unpaired) electrons.